The lowest BCUT2D eigenvalue weighted by Gasteiger charge is -2.21. The van der Waals surface area contributed by atoms with E-state index in [1.54, 1.807) is 0 Å². The predicted molar refractivity (Wildman–Crippen MR) is 108 cm³/mol. The predicted octanol–water partition coefficient (Wildman–Crippen LogP) is 4.01. The van der Waals surface area contributed by atoms with Gasteiger partial charge in [0, 0.05) is 35.1 Å². The zero-order valence-electron chi connectivity index (χ0n) is 14.8. The number of rotatable bonds is 7. The van der Waals surface area contributed by atoms with Crippen molar-refractivity contribution in [1.29, 1.82) is 0 Å². The van der Waals surface area contributed by atoms with Crippen LogP contribution >= 0.6 is 11.6 Å². The maximum absolute atomic E-state index is 12.8. The second-order valence-electron chi connectivity index (χ2n) is 6.29. The molecular weight excluding hydrogens is 362 g/mol. The Kier molecular flexibility index (Phi) is 6.04. The maximum Gasteiger partial charge on any atom is 0.264 e. The Hall–Kier alpha value is -2.92. The zero-order valence-corrected chi connectivity index (χ0v) is 15.6. The fraction of sp³-hybridized carbons (Fsp3) is 0.190. The summed E-state index contributed by atoms with van der Waals surface area (Å²) in [5.74, 6) is -0.523. The monoisotopic (exact) mass is 381 g/mol. The number of halogens is 1. The molecule has 0 fully saturated rings. The first-order valence-electron chi connectivity index (χ1n) is 8.63. The number of amides is 2. The van der Waals surface area contributed by atoms with Gasteiger partial charge in [0.05, 0.1) is 0 Å². The fourth-order valence-electron chi connectivity index (χ4n) is 3.01. The molecule has 2 amide bonds. The van der Waals surface area contributed by atoms with Crippen LogP contribution in [-0.2, 0) is 22.6 Å². The second kappa shape index (κ2) is 8.64. The van der Waals surface area contributed by atoms with Gasteiger partial charge in [-0.3, -0.25) is 9.59 Å². The van der Waals surface area contributed by atoms with Crippen LogP contribution < -0.4 is 0 Å². The highest BCUT2D eigenvalue weighted by Gasteiger charge is 2.18. The second-order valence-corrected chi connectivity index (χ2v) is 6.73. The van der Waals surface area contributed by atoms with Crippen LogP contribution in [0.1, 0.15) is 17.5 Å². The molecule has 0 aliphatic rings. The minimum atomic E-state index is -0.418. The molecule has 27 heavy (non-hydrogen) atoms. The third-order valence-electron chi connectivity index (χ3n) is 4.41. The molecule has 0 unspecified atom stereocenters. The van der Waals surface area contributed by atoms with E-state index in [9.17, 15) is 9.59 Å². The van der Waals surface area contributed by atoms with Gasteiger partial charge in [0.25, 0.3) is 5.91 Å². The SMILES string of the molecule is C=NC(=O)CN(Cc1ccccc1)C(=O)CCc1c[nH]c2ccc(Cl)cc12. The smallest absolute Gasteiger partial charge is 0.264 e. The molecule has 1 heterocycles. The summed E-state index contributed by atoms with van der Waals surface area (Å²) in [4.78, 5) is 32.6. The largest absolute Gasteiger partial charge is 0.361 e. The van der Waals surface area contributed by atoms with Crippen molar-refractivity contribution in [3.63, 3.8) is 0 Å². The molecule has 0 bridgehead atoms. The first-order chi connectivity index (χ1) is 13.1. The molecule has 5 nitrogen and oxygen atoms in total. The molecule has 0 saturated heterocycles. The Morgan fingerprint density at radius 3 is 2.67 bits per heavy atom. The van der Waals surface area contributed by atoms with Crippen molar-refractivity contribution < 1.29 is 9.59 Å². The van der Waals surface area contributed by atoms with E-state index in [0.29, 0.717) is 18.0 Å². The van der Waals surface area contributed by atoms with Gasteiger partial charge in [0.2, 0.25) is 5.91 Å². The topological polar surface area (TPSA) is 65.5 Å². The van der Waals surface area contributed by atoms with Gasteiger partial charge >= 0.3 is 0 Å². The molecule has 0 aliphatic heterocycles. The molecule has 2 aromatic carbocycles. The van der Waals surface area contributed by atoms with Crippen molar-refractivity contribution in [2.75, 3.05) is 6.54 Å². The van der Waals surface area contributed by atoms with E-state index in [0.717, 1.165) is 22.0 Å². The summed E-state index contributed by atoms with van der Waals surface area (Å²) in [7, 11) is 0. The van der Waals surface area contributed by atoms with Crippen LogP contribution in [0.3, 0.4) is 0 Å². The summed E-state index contributed by atoms with van der Waals surface area (Å²) >= 11 is 6.08. The summed E-state index contributed by atoms with van der Waals surface area (Å²) in [6, 6.07) is 15.2. The van der Waals surface area contributed by atoms with Crippen LogP contribution in [0, 0.1) is 0 Å². The van der Waals surface area contributed by atoms with Crippen molar-refractivity contribution in [3.05, 3.63) is 70.9 Å². The molecular formula is C21H20ClN3O2. The van der Waals surface area contributed by atoms with E-state index in [1.807, 2.05) is 54.7 Å². The first kappa shape index (κ1) is 18.9. The maximum atomic E-state index is 12.8. The standard InChI is InChI=1S/C21H20ClN3O2/c1-23-20(26)14-25(13-15-5-3-2-4-6-15)21(27)10-7-16-12-24-19-9-8-17(22)11-18(16)19/h2-6,8-9,11-12,24H,1,7,10,13-14H2. The number of nitrogens with zero attached hydrogens (tertiary/aromatic N) is 2. The number of aryl methyl sites for hydroxylation is 1. The summed E-state index contributed by atoms with van der Waals surface area (Å²) < 4.78 is 0. The summed E-state index contributed by atoms with van der Waals surface area (Å²) in [6.45, 7) is 3.54. The Bertz CT molecular complexity index is 966. The normalized spacial score (nSPS) is 10.7. The van der Waals surface area contributed by atoms with Gasteiger partial charge in [-0.2, -0.15) is 0 Å². The summed E-state index contributed by atoms with van der Waals surface area (Å²) in [5, 5.41) is 1.66. The van der Waals surface area contributed by atoms with Gasteiger partial charge in [-0.15, -0.1) is 0 Å². The van der Waals surface area contributed by atoms with Gasteiger partial charge < -0.3 is 9.88 Å². The molecule has 1 N–H and O–H groups in total. The van der Waals surface area contributed by atoms with E-state index < -0.39 is 5.91 Å². The van der Waals surface area contributed by atoms with Crippen LogP contribution in [0.2, 0.25) is 5.02 Å². The zero-order chi connectivity index (χ0) is 19.2. The summed E-state index contributed by atoms with van der Waals surface area (Å²) in [6.07, 6.45) is 2.74. The van der Waals surface area contributed by atoms with Crippen LogP contribution in [0.25, 0.3) is 10.9 Å². The van der Waals surface area contributed by atoms with Crippen LogP contribution in [0.4, 0.5) is 0 Å². The molecule has 0 aliphatic carbocycles. The number of carbonyl (C=O) groups is 2. The van der Waals surface area contributed by atoms with E-state index >= 15 is 0 Å². The molecule has 0 spiro atoms. The van der Waals surface area contributed by atoms with Gasteiger partial charge in [-0.25, -0.2) is 4.99 Å². The first-order valence-corrected chi connectivity index (χ1v) is 9.01. The van der Waals surface area contributed by atoms with Gasteiger partial charge in [0.15, 0.2) is 0 Å². The number of aromatic nitrogens is 1. The molecule has 6 heteroatoms. The molecule has 138 valence electrons. The van der Waals surface area contributed by atoms with Crippen molar-refractivity contribution in [3.8, 4) is 0 Å². The third kappa shape index (κ3) is 4.83. The lowest BCUT2D eigenvalue weighted by Crippen LogP contribution is -2.34. The number of fused-ring (bicyclic) bond motifs is 1. The van der Waals surface area contributed by atoms with E-state index in [-0.39, 0.29) is 18.9 Å². The van der Waals surface area contributed by atoms with Crippen molar-refractivity contribution in [1.82, 2.24) is 9.88 Å². The molecule has 0 atom stereocenters. The minimum absolute atomic E-state index is 0.0725. The molecule has 3 aromatic rings. The lowest BCUT2D eigenvalue weighted by atomic mass is 10.1. The molecule has 0 radical (unpaired) electrons. The highest BCUT2D eigenvalue weighted by Crippen LogP contribution is 2.23. The number of hydrogen-bond donors (Lipinski definition) is 1. The number of hydrogen-bond acceptors (Lipinski definition) is 2. The Balaban J connectivity index is 1.72. The third-order valence-corrected chi connectivity index (χ3v) is 4.64. The summed E-state index contributed by atoms with van der Waals surface area (Å²) in [5.41, 5.74) is 2.96. The molecule has 0 saturated carbocycles. The van der Waals surface area contributed by atoms with E-state index in [4.69, 9.17) is 11.6 Å². The lowest BCUT2D eigenvalue weighted by molar-refractivity contribution is -0.135. The van der Waals surface area contributed by atoms with Crippen molar-refractivity contribution in [2.24, 2.45) is 4.99 Å². The average molecular weight is 382 g/mol. The number of benzene rings is 2. The van der Waals surface area contributed by atoms with Gasteiger partial charge in [-0.1, -0.05) is 41.9 Å². The minimum Gasteiger partial charge on any atom is -0.361 e. The van der Waals surface area contributed by atoms with Crippen molar-refractivity contribution in [2.45, 2.75) is 19.4 Å². The van der Waals surface area contributed by atoms with Gasteiger partial charge in [0.1, 0.15) is 6.54 Å². The van der Waals surface area contributed by atoms with Crippen LogP contribution in [-0.4, -0.2) is 35.0 Å². The number of H-pyrrole nitrogens is 1. The van der Waals surface area contributed by atoms with Crippen molar-refractivity contribution >= 4 is 41.0 Å². The Morgan fingerprint density at radius 1 is 1.15 bits per heavy atom. The van der Waals surface area contributed by atoms with E-state index in [1.165, 1.54) is 4.90 Å². The quantitative estimate of drug-likeness (QED) is 0.628. The van der Waals surface area contributed by atoms with Crippen LogP contribution in [0.5, 0.6) is 0 Å². The molecule has 3 rings (SSSR count). The van der Waals surface area contributed by atoms with E-state index in [2.05, 4.69) is 16.7 Å². The van der Waals surface area contributed by atoms with Crippen LogP contribution in [0.15, 0.2) is 59.7 Å². The number of nitrogens with one attached hydrogen (secondary N) is 1. The molecule has 1 aromatic heterocycles. The Morgan fingerprint density at radius 2 is 1.93 bits per heavy atom. The average Bonchev–Trinajstić information content (AvgIpc) is 3.08. The fourth-order valence-corrected chi connectivity index (χ4v) is 3.18. The number of carbonyl (C=O) groups excluding carboxylic acids is 2. The van der Waals surface area contributed by atoms with Gasteiger partial charge in [-0.05, 0) is 42.5 Å². The highest BCUT2D eigenvalue weighted by molar-refractivity contribution is 6.31. The number of aromatic amines is 1. The number of aliphatic imine (C=N–C) groups is 1. The Labute approximate surface area is 162 Å². The highest BCUT2D eigenvalue weighted by atomic mass is 35.5.